The zero-order valence-electron chi connectivity index (χ0n) is 10.1. The van der Waals surface area contributed by atoms with E-state index in [1.807, 2.05) is 13.0 Å². The average Bonchev–Trinajstić information content (AvgIpc) is 2.30. The second kappa shape index (κ2) is 5.82. The van der Waals surface area contributed by atoms with Crippen LogP contribution in [0.2, 0.25) is 0 Å². The van der Waals surface area contributed by atoms with Gasteiger partial charge >= 0.3 is 0 Å². The van der Waals surface area contributed by atoms with E-state index in [0.717, 1.165) is 5.56 Å². The molecule has 1 rings (SSSR count). The Balaban J connectivity index is 3.17. The molecule has 0 fully saturated rings. The average molecular weight is 299 g/mol. The first-order valence-corrected chi connectivity index (χ1v) is 6.26. The lowest BCUT2D eigenvalue weighted by molar-refractivity contribution is -0.113. The van der Waals surface area contributed by atoms with Crippen LogP contribution < -0.4 is 5.32 Å². The van der Waals surface area contributed by atoms with Crippen LogP contribution >= 0.6 is 15.9 Å². The minimum atomic E-state index is -0.174. The number of carbonyl (C=O) groups is 2. The molecule has 0 aromatic heterocycles. The lowest BCUT2D eigenvalue weighted by atomic mass is 10.1. The minimum absolute atomic E-state index is 0.126. The second-order valence-corrected chi connectivity index (χ2v) is 4.44. The van der Waals surface area contributed by atoms with Crippen molar-refractivity contribution in [1.29, 1.82) is 0 Å². The molecular weight excluding hydrogens is 284 g/mol. The normalized spacial score (nSPS) is 9.88. The van der Waals surface area contributed by atoms with Gasteiger partial charge in [0.25, 0.3) is 5.91 Å². The predicted octanol–water partition coefficient (Wildman–Crippen LogP) is 2.03. The van der Waals surface area contributed by atoms with Crippen LogP contribution in [0.4, 0.5) is 5.69 Å². The van der Waals surface area contributed by atoms with Crippen molar-refractivity contribution < 1.29 is 9.59 Å². The van der Waals surface area contributed by atoms with E-state index in [-0.39, 0.29) is 17.1 Å². The summed E-state index contributed by atoms with van der Waals surface area (Å²) in [6.45, 7) is 1.86. The van der Waals surface area contributed by atoms with Crippen molar-refractivity contribution in [2.75, 3.05) is 24.7 Å². The van der Waals surface area contributed by atoms with Crippen LogP contribution in [0.5, 0.6) is 0 Å². The van der Waals surface area contributed by atoms with E-state index >= 15 is 0 Å². The maximum Gasteiger partial charge on any atom is 0.255 e. The molecule has 0 unspecified atom stereocenters. The van der Waals surface area contributed by atoms with Gasteiger partial charge in [-0.05, 0) is 18.6 Å². The fourth-order valence-corrected chi connectivity index (χ4v) is 1.57. The molecule has 0 radical (unpaired) electrons. The van der Waals surface area contributed by atoms with E-state index in [1.165, 1.54) is 4.90 Å². The number of benzene rings is 1. The molecular formula is C12H15BrN2O2. The summed E-state index contributed by atoms with van der Waals surface area (Å²) in [4.78, 5) is 24.8. The molecule has 0 aliphatic rings. The van der Waals surface area contributed by atoms with Gasteiger partial charge in [0.2, 0.25) is 5.91 Å². The molecule has 0 heterocycles. The molecule has 0 saturated carbocycles. The highest BCUT2D eigenvalue weighted by Gasteiger charge is 2.16. The van der Waals surface area contributed by atoms with Gasteiger partial charge in [-0.1, -0.05) is 28.1 Å². The second-order valence-electron chi connectivity index (χ2n) is 3.88. The number of para-hydroxylation sites is 1. The highest BCUT2D eigenvalue weighted by Crippen LogP contribution is 2.21. The Morgan fingerprint density at radius 3 is 2.53 bits per heavy atom. The van der Waals surface area contributed by atoms with Crippen molar-refractivity contribution in [3.63, 3.8) is 0 Å². The first-order valence-electron chi connectivity index (χ1n) is 5.14. The topological polar surface area (TPSA) is 49.4 Å². The number of alkyl halides is 1. The molecule has 92 valence electrons. The maximum absolute atomic E-state index is 12.0. The first-order chi connectivity index (χ1) is 7.97. The van der Waals surface area contributed by atoms with E-state index in [0.29, 0.717) is 11.3 Å². The fraction of sp³-hybridized carbons (Fsp3) is 0.333. The van der Waals surface area contributed by atoms with E-state index in [9.17, 15) is 9.59 Å². The minimum Gasteiger partial charge on any atom is -0.345 e. The molecule has 2 amide bonds. The van der Waals surface area contributed by atoms with Gasteiger partial charge in [-0.3, -0.25) is 9.59 Å². The summed E-state index contributed by atoms with van der Waals surface area (Å²) in [5.74, 6) is -0.300. The number of hydrogen-bond donors (Lipinski definition) is 1. The number of aryl methyl sites for hydroxylation is 1. The number of anilines is 1. The number of carbonyl (C=O) groups excluding carboxylic acids is 2. The first kappa shape index (κ1) is 13.7. The lowest BCUT2D eigenvalue weighted by Crippen LogP contribution is -2.24. The summed E-state index contributed by atoms with van der Waals surface area (Å²) in [6.07, 6.45) is 0. The van der Waals surface area contributed by atoms with Crippen LogP contribution in [0.25, 0.3) is 0 Å². The smallest absolute Gasteiger partial charge is 0.255 e. The predicted molar refractivity (Wildman–Crippen MR) is 71.6 cm³/mol. The van der Waals surface area contributed by atoms with E-state index in [2.05, 4.69) is 21.2 Å². The van der Waals surface area contributed by atoms with Crippen molar-refractivity contribution in [2.24, 2.45) is 0 Å². The Bertz CT molecular complexity index is 444. The van der Waals surface area contributed by atoms with Gasteiger partial charge < -0.3 is 10.2 Å². The number of nitrogens with one attached hydrogen (secondary N) is 1. The molecule has 5 heteroatoms. The number of hydrogen-bond acceptors (Lipinski definition) is 2. The number of amides is 2. The van der Waals surface area contributed by atoms with Gasteiger partial charge in [-0.25, -0.2) is 0 Å². The van der Waals surface area contributed by atoms with Crippen molar-refractivity contribution in [3.8, 4) is 0 Å². The zero-order chi connectivity index (χ0) is 13.0. The van der Waals surface area contributed by atoms with Crippen molar-refractivity contribution >= 4 is 33.4 Å². The largest absolute Gasteiger partial charge is 0.345 e. The third-order valence-corrected chi connectivity index (χ3v) is 2.80. The van der Waals surface area contributed by atoms with Crippen molar-refractivity contribution in [1.82, 2.24) is 4.90 Å². The van der Waals surface area contributed by atoms with Gasteiger partial charge in [0, 0.05) is 14.1 Å². The zero-order valence-corrected chi connectivity index (χ0v) is 11.7. The van der Waals surface area contributed by atoms with Crippen LogP contribution in [0.3, 0.4) is 0 Å². The standard InChI is InChI=1S/C12H15BrN2O2/c1-8-5-4-6-9(12(17)15(2)3)11(8)14-10(16)7-13/h4-6H,7H2,1-3H3,(H,14,16). The van der Waals surface area contributed by atoms with Gasteiger partial charge in [-0.2, -0.15) is 0 Å². The maximum atomic E-state index is 12.0. The van der Waals surface area contributed by atoms with E-state index in [4.69, 9.17) is 0 Å². The molecule has 1 aromatic rings. The quantitative estimate of drug-likeness (QED) is 0.868. The Morgan fingerprint density at radius 1 is 1.35 bits per heavy atom. The SMILES string of the molecule is Cc1cccc(C(=O)N(C)C)c1NC(=O)CBr. The monoisotopic (exact) mass is 298 g/mol. The Morgan fingerprint density at radius 2 is 2.00 bits per heavy atom. The number of halogens is 1. The molecule has 4 nitrogen and oxygen atoms in total. The third-order valence-electron chi connectivity index (χ3n) is 2.30. The molecule has 0 atom stereocenters. The molecule has 0 aliphatic carbocycles. The number of rotatable bonds is 3. The Hall–Kier alpha value is -1.36. The van der Waals surface area contributed by atoms with Gasteiger partial charge in [0.15, 0.2) is 0 Å². The van der Waals surface area contributed by atoms with Crippen molar-refractivity contribution in [3.05, 3.63) is 29.3 Å². The molecule has 1 N–H and O–H groups in total. The Labute approximate surface area is 109 Å². The molecule has 17 heavy (non-hydrogen) atoms. The van der Waals surface area contributed by atoms with E-state index < -0.39 is 0 Å². The lowest BCUT2D eigenvalue weighted by Gasteiger charge is -2.16. The third kappa shape index (κ3) is 3.30. The fourth-order valence-electron chi connectivity index (χ4n) is 1.43. The van der Waals surface area contributed by atoms with Gasteiger partial charge in [0.05, 0.1) is 16.6 Å². The summed E-state index contributed by atoms with van der Waals surface area (Å²) in [5.41, 5.74) is 1.95. The van der Waals surface area contributed by atoms with Crippen LogP contribution in [0.1, 0.15) is 15.9 Å². The summed E-state index contributed by atoms with van der Waals surface area (Å²) in [5, 5.41) is 2.94. The summed E-state index contributed by atoms with van der Waals surface area (Å²) < 4.78 is 0. The van der Waals surface area contributed by atoms with Gasteiger partial charge in [0.1, 0.15) is 0 Å². The van der Waals surface area contributed by atoms with E-state index in [1.54, 1.807) is 26.2 Å². The summed E-state index contributed by atoms with van der Waals surface area (Å²) in [7, 11) is 3.36. The van der Waals surface area contributed by atoms with Crippen LogP contribution in [-0.4, -0.2) is 36.1 Å². The summed E-state index contributed by atoms with van der Waals surface area (Å²) in [6, 6.07) is 5.37. The highest BCUT2D eigenvalue weighted by atomic mass is 79.9. The molecule has 0 aliphatic heterocycles. The number of nitrogens with zero attached hydrogens (tertiary/aromatic N) is 1. The molecule has 1 aromatic carbocycles. The summed E-state index contributed by atoms with van der Waals surface area (Å²) >= 11 is 3.08. The van der Waals surface area contributed by atoms with Crippen molar-refractivity contribution in [2.45, 2.75) is 6.92 Å². The molecule has 0 saturated heterocycles. The van der Waals surface area contributed by atoms with Crippen LogP contribution in [-0.2, 0) is 4.79 Å². The molecule has 0 bridgehead atoms. The Kier molecular flexibility index (Phi) is 4.69. The van der Waals surface area contributed by atoms with Crippen LogP contribution in [0, 0.1) is 6.92 Å². The molecule has 0 spiro atoms. The highest BCUT2D eigenvalue weighted by molar-refractivity contribution is 9.09. The van der Waals surface area contributed by atoms with Gasteiger partial charge in [-0.15, -0.1) is 0 Å². The van der Waals surface area contributed by atoms with Crippen LogP contribution in [0.15, 0.2) is 18.2 Å².